The quantitative estimate of drug-likeness (QED) is 0.616. The van der Waals surface area contributed by atoms with Gasteiger partial charge >= 0.3 is 12.2 Å². The number of carbonyl (C=O) groups is 1. The Labute approximate surface area is 194 Å². The first-order valence-corrected chi connectivity index (χ1v) is 11.8. The SMILES string of the molecule is O=C1NC2(CCNCC2)C(O)N1CCCN1c2ccccc2Sc2ccc(C(F)(F)F)cc21. The van der Waals surface area contributed by atoms with Crippen LogP contribution in [0.3, 0.4) is 0 Å². The van der Waals surface area contributed by atoms with Crippen molar-refractivity contribution in [3.05, 3.63) is 48.0 Å². The first kappa shape index (κ1) is 22.4. The summed E-state index contributed by atoms with van der Waals surface area (Å²) < 4.78 is 40.2. The highest BCUT2D eigenvalue weighted by molar-refractivity contribution is 7.99. The van der Waals surface area contributed by atoms with Gasteiger partial charge < -0.3 is 20.6 Å². The number of piperidine rings is 1. The molecule has 0 aromatic heterocycles. The molecule has 5 rings (SSSR count). The Hall–Kier alpha value is -2.43. The minimum absolute atomic E-state index is 0.293. The number of benzene rings is 2. The van der Waals surface area contributed by atoms with Crippen LogP contribution in [-0.4, -0.2) is 54.0 Å². The van der Waals surface area contributed by atoms with Crippen molar-refractivity contribution in [1.29, 1.82) is 0 Å². The number of para-hydroxylation sites is 1. The number of aliphatic hydroxyl groups is 1. The molecule has 6 nitrogen and oxygen atoms in total. The summed E-state index contributed by atoms with van der Waals surface area (Å²) >= 11 is 1.45. The fraction of sp³-hybridized carbons (Fsp3) is 0.435. The monoisotopic (exact) mass is 478 g/mol. The molecule has 2 saturated heterocycles. The lowest BCUT2D eigenvalue weighted by Gasteiger charge is -2.37. The summed E-state index contributed by atoms with van der Waals surface area (Å²) in [4.78, 5) is 17.6. The number of carbonyl (C=O) groups excluding carboxylic acids is 1. The van der Waals surface area contributed by atoms with E-state index in [0.29, 0.717) is 38.0 Å². The lowest BCUT2D eigenvalue weighted by Crippen LogP contribution is -2.56. The summed E-state index contributed by atoms with van der Waals surface area (Å²) in [6, 6.07) is 11.1. The van der Waals surface area contributed by atoms with Gasteiger partial charge in [-0.3, -0.25) is 4.90 Å². The Morgan fingerprint density at radius 3 is 2.55 bits per heavy atom. The van der Waals surface area contributed by atoms with E-state index in [9.17, 15) is 23.1 Å². The second-order valence-electron chi connectivity index (χ2n) is 8.66. The van der Waals surface area contributed by atoms with E-state index in [4.69, 9.17) is 0 Å². The topological polar surface area (TPSA) is 67.8 Å². The van der Waals surface area contributed by atoms with Crippen molar-refractivity contribution in [3.63, 3.8) is 0 Å². The number of alkyl halides is 3. The molecule has 0 saturated carbocycles. The van der Waals surface area contributed by atoms with Crippen LogP contribution in [0.25, 0.3) is 0 Å². The summed E-state index contributed by atoms with van der Waals surface area (Å²) in [7, 11) is 0. The molecule has 3 heterocycles. The Kier molecular flexibility index (Phi) is 5.70. The lowest BCUT2D eigenvalue weighted by atomic mass is 9.87. The highest BCUT2D eigenvalue weighted by atomic mass is 32.2. The van der Waals surface area contributed by atoms with Gasteiger partial charge in [0.1, 0.15) is 0 Å². The predicted molar refractivity (Wildman–Crippen MR) is 120 cm³/mol. The number of nitrogens with zero attached hydrogens (tertiary/aromatic N) is 2. The van der Waals surface area contributed by atoms with Gasteiger partial charge in [-0.25, -0.2) is 4.79 Å². The van der Waals surface area contributed by atoms with Crippen molar-refractivity contribution in [2.45, 2.75) is 47.0 Å². The Morgan fingerprint density at radius 2 is 1.79 bits per heavy atom. The second-order valence-corrected chi connectivity index (χ2v) is 9.74. The molecular weight excluding hydrogens is 453 g/mol. The van der Waals surface area contributed by atoms with Crippen LogP contribution in [0.4, 0.5) is 29.3 Å². The maximum absolute atomic E-state index is 13.4. The zero-order valence-electron chi connectivity index (χ0n) is 17.9. The predicted octanol–water partition coefficient (Wildman–Crippen LogP) is 4.16. The fourth-order valence-corrected chi connectivity index (χ4v) is 5.96. The second kappa shape index (κ2) is 8.41. The molecule has 1 atom stereocenters. The molecule has 0 aliphatic carbocycles. The number of rotatable bonds is 4. The summed E-state index contributed by atoms with van der Waals surface area (Å²) in [5, 5.41) is 17.1. The maximum atomic E-state index is 13.4. The van der Waals surface area contributed by atoms with Gasteiger partial charge in [0.25, 0.3) is 0 Å². The van der Waals surface area contributed by atoms with Gasteiger partial charge in [-0.05, 0) is 62.7 Å². The number of amides is 2. The van der Waals surface area contributed by atoms with Crippen LogP contribution in [-0.2, 0) is 6.18 Å². The number of halogens is 3. The number of anilines is 2. The average Bonchev–Trinajstić information content (AvgIpc) is 3.01. The van der Waals surface area contributed by atoms with Gasteiger partial charge in [0.15, 0.2) is 6.23 Å². The first-order chi connectivity index (χ1) is 15.8. The average molecular weight is 479 g/mol. The summed E-state index contributed by atoms with van der Waals surface area (Å²) in [5.41, 5.74) is 0.0315. The van der Waals surface area contributed by atoms with Crippen molar-refractivity contribution in [1.82, 2.24) is 15.5 Å². The van der Waals surface area contributed by atoms with Crippen molar-refractivity contribution in [2.75, 3.05) is 31.1 Å². The molecule has 1 spiro atoms. The molecular formula is C23H25F3N4O2S. The van der Waals surface area contributed by atoms with E-state index in [0.717, 1.165) is 34.6 Å². The molecule has 2 aromatic carbocycles. The highest BCUT2D eigenvalue weighted by Gasteiger charge is 2.50. The molecule has 1 unspecified atom stereocenters. The van der Waals surface area contributed by atoms with Gasteiger partial charge in [0.2, 0.25) is 0 Å². The molecule has 10 heteroatoms. The van der Waals surface area contributed by atoms with E-state index < -0.39 is 23.5 Å². The molecule has 2 fully saturated rings. The highest BCUT2D eigenvalue weighted by Crippen LogP contribution is 2.49. The summed E-state index contributed by atoms with van der Waals surface area (Å²) in [6.07, 6.45) is -3.54. The van der Waals surface area contributed by atoms with Crippen molar-refractivity contribution in [3.8, 4) is 0 Å². The van der Waals surface area contributed by atoms with Crippen LogP contribution >= 0.6 is 11.8 Å². The van der Waals surface area contributed by atoms with Crippen LogP contribution < -0.4 is 15.5 Å². The standard InChI is InChI=1S/C23H25F3N4O2S/c24-23(25,26)15-6-7-19-17(14-15)29(16-4-1-2-5-18(16)33-19)12-3-13-30-20(31)22(28-21(30)32)8-10-27-11-9-22/h1-2,4-7,14,20,27,31H,3,8-13H2,(H,28,32). The number of aliphatic hydroxyl groups excluding tert-OH is 1. The van der Waals surface area contributed by atoms with Crippen molar-refractivity contribution >= 4 is 29.2 Å². The minimum Gasteiger partial charge on any atom is -0.371 e. The number of hydrogen-bond donors (Lipinski definition) is 3. The molecule has 3 N–H and O–H groups in total. The van der Waals surface area contributed by atoms with E-state index in [2.05, 4.69) is 10.6 Å². The van der Waals surface area contributed by atoms with Gasteiger partial charge in [0.05, 0.1) is 22.5 Å². The third-order valence-corrected chi connectivity index (χ3v) is 7.77. The Bertz CT molecular complexity index is 1060. The van der Waals surface area contributed by atoms with E-state index >= 15 is 0 Å². The summed E-state index contributed by atoms with van der Waals surface area (Å²) in [5.74, 6) is 0. The lowest BCUT2D eigenvalue weighted by molar-refractivity contribution is -0.137. The van der Waals surface area contributed by atoms with Crippen LogP contribution in [0.15, 0.2) is 52.3 Å². The molecule has 33 heavy (non-hydrogen) atoms. The van der Waals surface area contributed by atoms with Crippen molar-refractivity contribution < 1.29 is 23.1 Å². The van der Waals surface area contributed by atoms with Gasteiger partial charge in [0, 0.05) is 22.9 Å². The molecule has 3 aliphatic rings. The number of nitrogens with one attached hydrogen (secondary N) is 2. The van der Waals surface area contributed by atoms with E-state index in [1.54, 1.807) is 0 Å². The van der Waals surface area contributed by atoms with Crippen LogP contribution in [0, 0.1) is 0 Å². The summed E-state index contributed by atoms with van der Waals surface area (Å²) in [6.45, 7) is 2.18. The number of hydrogen-bond acceptors (Lipinski definition) is 5. The normalized spacial score (nSPS) is 21.7. The fourth-order valence-electron chi connectivity index (χ4n) is 4.88. The van der Waals surface area contributed by atoms with Crippen molar-refractivity contribution in [2.24, 2.45) is 0 Å². The first-order valence-electron chi connectivity index (χ1n) is 11.0. The molecule has 3 aliphatic heterocycles. The molecule has 0 bridgehead atoms. The van der Waals surface area contributed by atoms with Gasteiger partial charge in [-0.1, -0.05) is 23.9 Å². The Balaban J connectivity index is 1.36. The Morgan fingerprint density at radius 1 is 1.06 bits per heavy atom. The molecule has 0 radical (unpaired) electrons. The van der Waals surface area contributed by atoms with Crippen LogP contribution in [0.2, 0.25) is 0 Å². The van der Waals surface area contributed by atoms with Gasteiger partial charge in [-0.15, -0.1) is 0 Å². The molecule has 2 amide bonds. The maximum Gasteiger partial charge on any atom is 0.416 e. The van der Waals surface area contributed by atoms with E-state index in [1.165, 1.54) is 28.8 Å². The van der Waals surface area contributed by atoms with Crippen LogP contribution in [0.5, 0.6) is 0 Å². The van der Waals surface area contributed by atoms with Crippen LogP contribution in [0.1, 0.15) is 24.8 Å². The number of fused-ring (bicyclic) bond motifs is 2. The minimum atomic E-state index is -4.43. The van der Waals surface area contributed by atoms with Gasteiger partial charge in [-0.2, -0.15) is 13.2 Å². The van der Waals surface area contributed by atoms with E-state index in [1.807, 2.05) is 29.2 Å². The smallest absolute Gasteiger partial charge is 0.371 e. The zero-order chi connectivity index (χ0) is 23.2. The largest absolute Gasteiger partial charge is 0.416 e. The van der Waals surface area contributed by atoms with E-state index in [-0.39, 0.29) is 6.03 Å². The molecule has 176 valence electrons. The third kappa shape index (κ3) is 4.04. The number of urea groups is 1. The third-order valence-electron chi connectivity index (χ3n) is 6.64. The zero-order valence-corrected chi connectivity index (χ0v) is 18.7. The molecule has 2 aromatic rings.